The first-order valence-corrected chi connectivity index (χ1v) is 14.5. The lowest BCUT2D eigenvalue weighted by Crippen LogP contribution is -2.52. The third-order valence-electron chi connectivity index (χ3n) is 8.55. The summed E-state index contributed by atoms with van der Waals surface area (Å²) in [4.78, 5) is 10.8. The number of halogens is 2. The van der Waals surface area contributed by atoms with Gasteiger partial charge in [-0.15, -0.1) is 6.42 Å². The number of piperidine rings is 1. The van der Waals surface area contributed by atoms with E-state index in [1.807, 2.05) is 31.5 Å². The predicted molar refractivity (Wildman–Crippen MR) is 155 cm³/mol. The Balaban J connectivity index is 0.000000158. The maximum absolute atomic E-state index is 9.85. The van der Waals surface area contributed by atoms with Crippen molar-refractivity contribution in [1.82, 2.24) is 14.9 Å². The van der Waals surface area contributed by atoms with Gasteiger partial charge in [0.05, 0.1) is 29.0 Å². The van der Waals surface area contributed by atoms with Crippen LogP contribution in [0.2, 0.25) is 0 Å². The molecule has 2 aromatic heterocycles. The van der Waals surface area contributed by atoms with Gasteiger partial charge in [0.25, 0.3) is 0 Å². The number of aromatic nitrogens is 2. The fourth-order valence-electron chi connectivity index (χ4n) is 6.78. The summed E-state index contributed by atoms with van der Waals surface area (Å²) in [7, 11) is 0. The molecule has 192 valence electrons. The molecule has 2 aliphatic carbocycles. The first-order chi connectivity index (χ1) is 18.3. The van der Waals surface area contributed by atoms with Gasteiger partial charge in [0.15, 0.2) is 0 Å². The summed E-state index contributed by atoms with van der Waals surface area (Å²) in [6, 6.07) is 9.72. The molecule has 4 heterocycles. The highest BCUT2D eigenvalue weighted by molar-refractivity contribution is 9.10. The van der Waals surface area contributed by atoms with Crippen LogP contribution in [-0.4, -0.2) is 33.0 Å². The Bertz CT molecular complexity index is 1360. The first-order valence-electron chi connectivity index (χ1n) is 13.0. The summed E-state index contributed by atoms with van der Waals surface area (Å²) in [6.07, 6.45) is 26.4. The lowest BCUT2D eigenvalue weighted by molar-refractivity contribution is 0.102. The Hall–Kier alpha value is -2.76. The van der Waals surface area contributed by atoms with Crippen LogP contribution in [-0.2, 0) is 10.8 Å². The van der Waals surface area contributed by atoms with Crippen LogP contribution in [0, 0.1) is 46.8 Å². The average Bonchev–Trinajstić information content (AvgIpc) is 3.42. The minimum atomic E-state index is -0.486. The van der Waals surface area contributed by atoms with Gasteiger partial charge in [-0.2, -0.15) is 10.5 Å². The molecule has 0 radical (unpaired) electrons. The molecular formula is C31H29Br2N5. The average molecular weight is 631 g/mol. The molecule has 3 unspecified atom stereocenters. The second kappa shape index (κ2) is 10.8. The van der Waals surface area contributed by atoms with Crippen molar-refractivity contribution in [3.8, 4) is 24.5 Å². The van der Waals surface area contributed by atoms with Crippen LogP contribution < -0.4 is 0 Å². The molecule has 0 aromatic carbocycles. The van der Waals surface area contributed by atoms with Gasteiger partial charge in [-0.05, 0) is 106 Å². The first kappa shape index (κ1) is 26.8. The van der Waals surface area contributed by atoms with Gasteiger partial charge in [0.1, 0.15) is 0 Å². The van der Waals surface area contributed by atoms with Crippen molar-refractivity contribution in [2.24, 2.45) is 11.8 Å². The van der Waals surface area contributed by atoms with Crippen LogP contribution in [0.5, 0.6) is 0 Å². The third-order valence-corrected chi connectivity index (χ3v) is 9.42. The fourth-order valence-corrected chi connectivity index (χ4v) is 7.51. The number of pyridine rings is 2. The minimum Gasteiger partial charge on any atom is -0.277 e. The van der Waals surface area contributed by atoms with Crippen molar-refractivity contribution in [3.63, 3.8) is 0 Å². The maximum Gasteiger partial charge on any atom is 0.0873 e. The van der Waals surface area contributed by atoms with Gasteiger partial charge < -0.3 is 0 Å². The number of terminal acetylenes is 1. The Morgan fingerprint density at radius 2 is 1.32 bits per heavy atom. The highest BCUT2D eigenvalue weighted by atomic mass is 79.9. The predicted octanol–water partition coefficient (Wildman–Crippen LogP) is 6.62. The highest BCUT2D eigenvalue weighted by Crippen LogP contribution is 2.48. The van der Waals surface area contributed by atoms with Gasteiger partial charge in [-0.3, -0.25) is 14.9 Å². The summed E-state index contributed by atoms with van der Waals surface area (Å²) >= 11 is 6.89. The number of nitrogens with zero attached hydrogens (tertiary/aromatic N) is 5. The van der Waals surface area contributed by atoms with Crippen molar-refractivity contribution in [2.45, 2.75) is 68.0 Å². The third kappa shape index (κ3) is 4.99. The summed E-state index contributed by atoms with van der Waals surface area (Å²) in [5, 5.41) is 19.5. The Labute approximate surface area is 241 Å². The van der Waals surface area contributed by atoms with Crippen LogP contribution in [0.25, 0.3) is 0 Å². The second-order valence-electron chi connectivity index (χ2n) is 10.9. The SMILES string of the molecule is C#CC(C)N1[C@@H]2C=C[C@H]1CC(C#N)(c1cncc(Br)c1)C2.N#CC1(c2cncc(Br)c2)C[C@@H]2C=C[C@@H](C2)C1. The van der Waals surface area contributed by atoms with Crippen molar-refractivity contribution < 1.29 is 0 Å². The van der Waals surface area contributed by atoms with Crippen molar-refractivity contribution in [2.75, 3.05) is 0 Å². The fraction of sp³-hybridized carbons (Fsp3) is 0.419. The van der Waals surface area contributed by atoms with E-state index in [0.29, 0.717) is 11.8 Å². The molecular weight excluding hydrogens is 602 g/mol. The van der Waals surface area contributed by atoms with E-state index in [0.717, 1.165) is 45.8 Å². The van der Waals surface area contributed by atoms with E-state index >= 15 is 0 Å². The Morgan fingerprint density at radius 3 is 1.74 bits per heavy atom. The van der Waals surface area contributed by atoms with E-state index in [4.69, 9.17) is 6.42 Å². The molecule has 4 aliphatic rings. The zero-order chi connectivity index (χ0) is 26.9. The summed E-state index contributed by atoms with van der Waals surface area (Å²) < 4.78 is 1.87. The minimum absolute atomic E-state index is 0.0901. The second-order valence-corrected chi connectivity index (χ2v) is 12.8. The van der Waals surface area contributed by atoms with Crippen LogP contribution in [0.3, 0.4) is 0 Å². The number of fused-ring (bicyclic) bond motifs is 4. The van der Waals surface area contributed by atoms with Crippen molar-refractivity contribution in [1.29, 1.82) is 10.5 Å². The molecule has 1 saturated carbocycles. The molecule has 38 heavy (non-hydrogen) atoms. The molecule has 0 spiro atoms. The largest absolute Gasteiger partial charge is 0.277 e. The van der Waals surface area contributed by atoms with E-state index < -0.39 is 5.41 Å². The molecule has 1 saturated heterocycles. The van der Waals surface area contributed by atoms with E-state index in [-0.39, 0.29) is 23.5 Å². The normalized spacial score (nSPS) is 33.4. The maximum atomic E-state index is 9.85. The zero-order valence-electron chi connectivity index (χ0n) is 21.3. The molecule has 2 aromatic rings. The number of hydrogen-bond donors (Lipinski definition) is 0. The molecule has 7 atom stereocenters. The molecule has 2 fully saturated rings. The van der Waals surface area contributed by atoms with Crippen molar-refractivity contribution >= 4 is 31.9 Å². The van der Waals surface area contributed by atoms with Gasteiger partial charge in [0.2, 0.25) is 0 Å². The quantitative estimate of drug-likeness (QED) is 0.281. The number of allylic oxidation sites excluding steroid dienone is 2. The van der Waals surface area contributed by atoms with Crippen LogP contribution in [0.15, 0.2) is 70.2 Å². The van der Waals surface area contributed by atoms with Crippen LogP contribution in [0.1, 0.15) is 50.2 Å². The van der Waals surface area contributed by atoms with E-state index in [1.54, 1.807) is 12.4 Å². The molecule has 0 amide bonds. The van der Waals surface area contributed by atoms with Gasteiger partial charge in [0, 0.05) is 45.8 Å². The monoisotopic (exact) mass is 629 g/mol. The summed E-state index contributed by atoms with van der Waals surface area (Å²) in [6.45, 7) is 2.05. The van der Waals surface area contributed by atoms with Gasteiger partial charge in [-0.25, -0.2) is 0 Å². The number of hydrogen-bond acceptors (Lipinski definition) is 5. The topological polar surface area (TPSA) is 76.6 Å². The van der Waals surface area contributed by atoms with Crippen molar-refractivity contribution in [3.05, 3.63) is 81.3 Å². The van der Waals surface area contributed by atoms with E-state index in [2.05, 4.69) is 89.1 Å². The molecule has 4 bridgehead atoms. The Kier molecular flexibility index (Phi) is 7.61. The lowest BCUT2D eigenvalue weighted by Gasteiger charge is -2.44. The van der Waals surface area contributed by atoms with Gasteiger partial charge >= 0.3 is 0 Å². The van der Waals surface area contributed by atoms with Crippen LogP contribution >= 0.6 is 31.9 Å². The molecule has 7 heteroatoms. The summed E-state index contributed by atoms with van der Waals surface area (Å²) in [5.74, 6) is 3.97. The molecule has 0 N–H and O–H groups in total. The van der Waals surface area contributed by atoms with Gasteiger partial charge in [-0.1, -0.05) is 30.2 Å². The van der Waals surface area contributed by atoms with Crippen LogP contribution in [0.4, 0.5) is 0 Å². The lowest BCUT2D eigenvalue weighted by atomic mass is 9.66. The number of rotatable bonds is 3. The smallest absolute Gasteiger partial charge is 0.0873 e. The standard InChI is InChI=1S/C17H16BrN3.C14H13BrN2/c1-3-12(2)21-15-4-5-16(21)8-17(7-15,11-19)13-6-14(18)10-20-9-13;15-13-4-12(7-17-8-13)14(9-16)5-10-1-2-11(3-10)6-14/h1,4-6,9-10,12,15-16H,7-8H2,2H3;1-2,4,7-8,10-11H,3,5-6H2/t12?,15-,16+,17?;10-,11+,14?. The number of nitriles is 2. The molecule has 2 aliphatic heterocycles. The van der Waals surface area contributed by atoms with E-state index in [9.17, 15) is 10.5 Å². The Morgan fingerprint density at radius 1 is 0.842 bits per heavy atom. The summed E-state index contributed by atoms with van der Waals surface area (Å²) in [5.41, 5.74) is 1.23. The highest BCUT2D eigenvalue weighted by Gasteiger charge is 2.48. The van der Waals surface area contributed by atoms with E-state index in [1.165, 1.54) is 6.42 Å². The molecule has 6 rings (SSSR count). The molecule has 5 nitrogen and oxygen atoms in total. The zero-order valence-corrected chi connectivity index (χ0v) is 24.4.